The zero-order valence-electron chi connectivity index (χ0n) is 10.9. The minimum absolute atomic E-state index is 0.178. The number of carboxylic acid groups (broad SMARTS) is 1. The summed E-state index contributed by atoms with van der Waals surface area (Å²) < 4.78 is 0. The molecule has 1 heterocycles. The first-order valence-electron chi connectivity index (χ1n) is 5.75. The van der Waals surface area contributed by atoms with Crippen LogP contribution in [0, 0.1) is 0 Å². The Hall–Kier alpha value is -1.70. The van der Waals surface area contributed by atoms with Crippen LogP contribution in [0.5, 0.6) is 0 Å². The number of carboxylic acids is 1. The van der Waals surface area contributed by atoms with Crippen LogP contribution in [-0.4, -0.2) is 63.6 Å². The number of thioether (sulfide) groups is 1. The van der Waals surface area contributed by atoms with Gasteiger partial charge in [0.05, 0.1) is 6.33 Å². The van der Waals surface area contributed by atoms with Crippen molar-refractivity contribution in [1.29, 1.82) is 0 Å². The van der Waals surface area contributed by atoms with Crippen LogP contribution in [0.2, 0.25) is 0 Å². The smallest absolute Gasteiger partial charge is 0.326 e. The molecule has 0 saturated carbocycles. The van der Waals surface area contributed by atoms with Crippen molar-refractivity contribution in [1.82, 2.24) is 20.2 Å². The van der Waals surface area contributed by atoms with Crippen molar-refractivity contribution in [2.75, 3.05) is 25.6 Å². The number of nitrogens with one attached hydrogen (secondary N) is 2. The number of nitrogens with zero attached hydrogens (tertiary/aromatic N) is 2. The van der Waals surface area contributed by atoms with E-state index in [0.717, 1.165) is 5.75 Å². The van der Waals surface area contributed by atoms with Gasteiger partial charge in [-0.3, -0.25) is 0 Å². The number of aliphatic carboxylic acids is 1. The molecule has 7 nitrogen and oxygen atoms in total. The van der Waals surface area contributed by atoms with Gasteiger partial charge in [0.1, 0.15) is 6.04 Å². The maximum absolute atomic E-state index is 11.8. The second-order valence-electron chi connectivity index (χ2n) is 4.04. The highest BCUT2D eigenvalue weighted by atomic mass is 32.2. The van der Waals surface area contributed by atoms with E-state index in [1.165, 1.54) is 11.2 Å². The Morgan fingerprint density at radius 1 is 1.63 bits per heavy atom. The lowest BCUT2D eigenvalue weighted by molar-refractivity contribution is -0.139. The first-order valence-corrected chi connectivity index (χ1v) is 7.14. The highest BCUT2D eigenvalue weighted by Gasteiger charge is 2.22. The molecule has 0 aromatic carbocycles. The summed E-state index contributed by atoms with van der Waals surface area (Å²) in [6.45, 7) is 0.573. The van der Waals surface area contributed by atoms with Crippen LogP contribution >= 0.6 is 11.8 Å². The van der Waals surface area contributed by atoms with Gasteiger partial charge in [0.15, 0.2) is 0 Å². The summed E-state index contributed by atoms with van der Waals surface area (Å²) in [5.74, 6) is -0.261. The monoisotopic (exact) mass is 286 g/mol. The Bertz CT molecular complexity index is 410. The highest BCUT2D eigenvalue weighted by molar-refractivity contribution is 7.98. The van der Waals surface area contributed by atoms with Crippen LogP contribution in [0.4, 0.5) is 4.79 Å². The quantitative estimate of drug-likeness (QED) is 0.674. The van der Waals surface area contributed by atoms with Crippen molar-refractivity contribution in [3.05, 3.63) is 18.2 Å². The van der Waals surface area contributed by atoms with E-state index in [4.69, 9.17) is 5.11 Å². The van der Waals surface area contributed by atoms with E-state index in [1.54, 1.807) is 25.0 Å². The van der Waals surface area contributed by atoms with Gasteiger partial charge in [0.2, 0.25) is 0 Å². The molecule has 0 spiro atoms. The average molecular weight is 286 g/mol. The Kier molecular flexibility index (Phi) is 6.20. The number of H-pyrrole nitrogens is 1. The first kappa shape index (κ1) is 15.4. The van der Waals surface area contributed by atoms with Crippen LogP contribution in [-0.2, 0) is 11.2 Å². The first-order chi connectivity index (χ1) is 9.04. The number of rotatable bonds is 7. The third-order valence-electron chi connectivity index (χ3n) is 2.55. The van der Waals surface area contributed by atoms with Crippen molar-refractivity contribution < 1.29 is 14.7 Å². The molecular weight excluding hydrogens is 268 g/mol. The molecule has 0 aliphatic heterocycles. The molecule has 1 aromatic rings. The average Bonchev–Trinajstić information content (AvgIpc) is 2.87. The summed E-state index contributed by atoms with van der Waals surface area (Å²) in [4.78, 5) is 31.0. The van der Waals surface area contributed by atoms with Crippen LogP contribution in [0.25, 0.3) is 0 Å². The SMILES string of the molecule is CSCCN(C)C(=O)NC(Cc1cnc[nH]1)C(=O)O. The summed E-state index contributed by atoms with van der Waals surface area (Å²) in [7, 11) is 1.64. The Balaban J connectivity index is 2.53. The number of aromatic amines is 1. The summed E-state index contributed by atoms with van der Waals surface area (Å²) in [5, 5.41) is 11.6. The number of carbonyl (C=O) groups excluding carboxylic acids is 1. The van der Waals surface area contributed by atoms with Gasteiger partial charge in [-0.25, -0.2) is 14.6 Å². The number of hydrogen-bond acceptors (Lipinski definition) is 4. The molecule has 0 aliphatic rings. The van der Waals surface area contributed by atoms with Crippen LogP contribution in [0.1, 0.15) is 5.69 Å². The molecule has 1 aromatic heterocycles. The van der Waals surface area contributed by atoms with Crippen LogP contribution < -0.4 is 5.32 Å². The molecule has 1 rings (SSSR count). The predicted octanol–water partition coefficient (Wildman–Crippen LogP) is 0.410. The predicted molar refractivity (Wildman–Crippen MR) is 73.3 cm³/mol. The van der Waals surface area contributed by atoms with Crippen molar-refractivity contribution in [2.45, 2.75) is 12.5 Å². The molecule has 0 bridgehead atoms. The second kappa shape index (κ2) is 7.67. The third kappa shape index (κ3) is 5.21. The Morgan fingerprint density at radius 3 is 2.89 bits per heavy atom. The zero-order chi connectivity index (χ0) is 14.3. The number of carbonyl (C=O) groups is 2. The molecule has 0 saturated heterocycles. The number of urea groups is 1. The third-order valence-corrected chi connectivity index (χ3v) is 3.14. The minimum Gasteiger partial charge on any atom is -0.480 e. The lowest BCUT2D eigenvalue weighted by Crippen LogP contribution is -2.48. The molecule has 106 valence electrons. The summed E-state index contributed by atoms with van der Waals surface area (Å²) >= 11 is 1.63. The molecule has 8 heteroatoms. The molecule has 19 heavy (non-hydrogen) atoms. The van der Waals surface area contributed by atoms with Gasteiger partial charge in [-0.2, -0.15) is 11.8 Å². The number of amides is 2. The Morgan fingerprint density at radius 2 is 2.37 bits per heavy atom. The molecule has 3 N–H and O–H groups in total. The van der Waals surface area contributed by atoms with E-state index in [0.29, 0.717) is 12.2 Å². The highest BCUT2D eigenvalue weighted by Crippen LogP contribution is 2.00. The summed E-state index contributed by atoms with van der Waals surface area (Å²) in [5.41, 5.74) is 0.666. The van der Waals surface area contributed by atoms with Crippen LogP contribution in [0.3, 0.4) is 0 Å². The number of hydrogen-bond donors (Lipinski definition) is 3. The minimum atomic E-state index is -1.07. The van der Waals surface area contributed by atoms with Gasteiger partial charge < -0.3 is 20.3 Å². The fourth-order valence-corrected chi connectivity index (χ4v) is 1.86. The van der Waals surface area contributed by atoms with Gasteiger partial charge >= 0.3 is 12.0 Å². The standard InChI is InChI=1S/C11H18N4O3S/c1-15(3-4-19-2)11(18)14-9(10(16)17)5-8-6-12-7-13-8/h6-7,9H,3-5H2,1-2H3,(H,12,13)(H,14,18)(H,16,17). The largest absolute Gasteiger partial charge is 0.480 e. The van der Waals surface area contributed by atoms with Crippen molar-refractivity contribution in [2.24, 2.45) is 0 Å². The van der Waals surface area contributed by atoms with Crippen molar-refractivity contribution in [3.8, 4) is 0 Å². The zero-order valence-corrected chi connectivity index (χ0v) is 11.7. The van der Waals surface area contributed by atoms with Gasteiger partial charge in [-0.15, -0.1) is 0 Å². The Labute approximate surface area is 115 Å². The second-order valence-corrected chi connectivity index (χ2v) is 5.02. The van der Waals surface area contributed by atoms with Gasteiger partial charge in [0, 0.05) is 37.7 Å². The molecule has 2 amide bonds. The van der Waals surface area contributed by atoms with Gasteiger partial charge in [-0.1, -0.05) is 0 Å². The molecule has 0 aliphatic carbocycles. The van der Waals surface area contributed by atoms with Gasteiger partial charge in [0.25, 0.3) is 0 Å². The molecule has 0 fully saturated rings. The molecule has 0 radical (unpaired) electrons. The molecular formula is C11H18N4O3S. The maximum atomic E-state index is 11.8. The van der Waals surface area contributed by atoms with E-state index in [2.05, 4.69) is 15.3 Å². The molecule has 1 unspecified atom stereocenters. The van der Waals surface area contributed by atoms with Gasteiger partial charge in [-0.05, 0) is 6.26 Å². The van der Waals surface area contributed by atoms with E-state index >= 15 is 0 Å². The topological polar surface area (TPSA) is 98.3 Å². The van der Waals surface area contributed by atoms with Crippen molar-refractivity contribution >= 4 is 23.8 Å². The lowest BCUT2D eigenvalue weighted by atomic mass is 10.1. The van der Waals surface area contributed by atoms with E-state index in [-0.39, 0.29) is 12.5 Å². The van der Waals surface area contributed by atoms with E-state index in [9.17, 15) is 9.59 Å². The van der Waals surface area contributed by atoms with E-state index < -0.39 is 12.0 Å². The number of imidazole rings is 1. The summed E-state index contributed by atoms with van der Waals surface area (Å²) in [6, 6.07) is -1.36. The molecule has 1 atom stereocenters. The number of aromatic nitrogens is 2. The normalized spacial score (nSPS) is 11.9. The van der Waals surface area contributed by atoms with Crippen molar-refractivity contribution in [3.63, 3.8) is 0 Å². The van der Waals surface area contributed by atoms with E-state index in [1.807, 2.05) is 6.26 Å². The lowest BCUT2D eigenvalue weighted by Gasteiger charge is -2.20. The fourth-order valence-electron chi connectivity index (χ4n) is 1.41. The maximum Gasteiger partial charge on any atom is 0.326 e. The van der Waals surface area contributed by atoms with Crippen LogP contribution in [0.15, 0.2) is 12.5 Å². The summed E-state index contributed by atoms with van der Waals surface area (Å²) in [6.07, 6.45) is 5.14. The fraction of sp³-hybridized carbons (Fsp3) is 0.545.